The Hall–Kier alpha value is -0.810. The SMILES string of the molecule is NC(=O)OCCNC1CCC(N)CC1. The van der Waals surface area contributed by atoms with E-state index >= 15 is 0 Å². The molecule has 0 radical (unpaired) electrons. The van der Waals surface area contributed by atoms with Crippen LogP contribution in [0.2, 0.25) is 0 Å². The Morgan fingerprint density at radius 1 is 1.36 bits per heavy atom. The van der Waals surface area contributed by atoms with Crippen molar-refractivity contribution in [1.82, 2.24) is 5.32 Å². The first-order valence-corrected chi connectivity index (χ1v) is 5.09. The Morgan fingerprint density at radius 3 is 2.57 bits per heavy atom. The summed E-state index contributed by atoms with van der Waals surface area (Å²) in [6.45, 7) is 1.01. The molecule has 0 atom stereocenters. The molecule has 0 spiro atoms. The van der Waals surface area contributed by atoms with Crippen LogP contribution in [0.15, 0.2) is 0 Å². The molecule has 0 heterocycles. The second-order valence-electron chi connectivity index (χ2n) is 3.73. The molecule has 1 saturated carbocycles. The maximum atomic E-state index is 10.2. The molecule has 5 heteroatoms. The standard InChI is InChI=1S/C9H19N3O2/c10-7-1-3-8(4-2-7)12-5-6-14-9(11)13/h7-8,12H,1-6,10H2,(H2,11,13). The molecule has 82 valence electrons. The Balaban J connectivity index is 1.99. The van der Waals surface area contributed by atoms with Gasteiger partial charge in [-0.05, 0) is 25.7 Å². The molecule has 1 amide bonds. The van der Waals surface area contributed by atoms with E-state index < -0.39 is 6.09 Å². The van der Waals surface area contributed by atoms with Crippen LogP contribution in [0, 0.1) is 0 Å². The summed E-state index contributed by atoms with van der Waals surface area (Å²) < 4.78 is 4.61. The minimum atomic E-state index is -0.711. The van der Waals surface area contributed by atoms with E-state index in [2.05, 4.69) is 10.1 Å². The summed E-state index contributed by atoms with van der Waals surface area (Å²) in [6, 6.07) is 0.890. The van der Waals surface area contributed by atoms with Gasteiger partial charge in [0.25, 0.3) is 0 Å². The predicted molar refractivity (Wildman–Crippen MR) is 53.8 cm³/mol. The lowest BCUT2D eigenvalue weighted by atomic mass is 9.92. The third-order valence-corrected chi connectivity index (χ3v) is 2.55. The van der Waals surface area contributed by atoms with Crippen molar-refractivity contribution in [2.75, 3.05) is 13.2 Å². The number of hydrogen-bond acceptors (Lipinski definition) is 4. The van der Waals surface area contributed by atoms with Gasteiger partial charge in [-0.3, -0.25) is 0 Å². The Morgan fingerprint density at radius 2 is 2.00 bits per heavy atom. The monoisotopic (exact) mass is 201 g/mol. The average Bonchev–Trinajstić information content (AvgIpc) is 2.15. The van der Waals surface area contributed by atoms with Crippen LogP contribution in [0.25, 0.3) is 0 Å². The molecule has 1 aliphatic rings. The maximum absolute atomic E-state index is 10.2. The van der Waals surface area contributed by atoms with Crippen LogP contribution in [0.4, 0.5) is 4.79 Å². The maximum Gasteiger partial charge on any atom is 0.404 e. The lowest BCUT2D eigenvalue weighted by molar-refractivity contribution is 0.155. The van der Waals surface area contributed by atoms with E-state index in [4.69, 9.17) is 11.5 Å². The van der Waals surface area contributed by atoms with Gasteiger partial charge in [-0.15, -0.1) is 0 Å². The second-order valence-corrected chi connectivity index (χ2v) is 3.73. The second kappa shape index (κ2) is 5.82. The van der Waals surface area contributed by atoms with Gasteiger partial charge in [0.15, 0.2) is 0 Å². The molecule has 5 nitrogen and oxygen atoms in total. The van der Waals surface area contributed by atoms with E-state index in [0.717, 1.165) is 25.7 Å². The molecule has 0 aromatic heterocycles. The Bertz CT molecular complexity index is 179. The summed E-state index contributed by atoms with van der Waals surface area (Å²) in [5.74, 6) is 0. The van der Waals surface area contributed by atoms with Crippen LogP contribution >= 0.6 is 0 Å². The predicted octanol–water partition coefficient (Wildman–Crippen LogP) is -0.0588. The zero-order chi connectivity index (χ0) is 10.4. The molecule has 0 aromatic carbocycles. The third kappa shape index (κ3) is 4.43. The third-order valence-electron chi connectivity index (χ3n) is 2.55. The number of hydrogen-bond donors (Lipinski definition) is 3. The molecular formula is C9H19N3O2. The van der Waals surface area contributed by atoms with E-state index in [1.807, 2.05) is 0 Å². The van der Waals surface area contributed by atoms with E-state index in [9.17, 15) is 4.79 Å². The molecule has 0 unspecified atom stereocenters. The zero-order valence-corrected chi connectivity index (χ0v) is 8.37. The summed E-state index contributed by atoms with van der Waals surface area (Å²) in [4.78, 5) is 10.2. The summed E-state index contributed by atoms with van der Waals surface area (Å²) in [5, 5.41) is 3.31. The van der Waals surface area contributed by atoms with Crippen LogP contribution in [-0.4, -0.2) is 31.3 Å². The molecule has 0 aromatic rings. The lowest BCUT2D eigenvalue weighted by Gasteiger charge is -2.26. The van der Waals surface area contributed by atoms with Gasteiger partial charge in [0.1, 0.15) is 6.61 Å². The zero-order valence-electron chi connectivity index (χ0n) is 8.37. The van der Waals surface area contributed by atoms with Crippen LogP contribution in [0.5, 0.6) is 0 Å². The van der Waals surface area contributed by atoms with Gasteiger partial charge < -0.3 is 21.5 Å². The number of nitrogens with one attached hydrogen (secondary N) is 1. The molecule has 0 saturated heterocycles. The molecule has 0 bridgehead atoms. The summed E-state index contributed by atoms with van der Waals surface area (Å²) in [7, 11) is 0. The summed E-state index contributed by atoms with van der Waals surface area (Å²) >= 11 is 0. The van der Waals surface area contributed by atoms with E-state index in [-0.39, 0.29) is 0 Å². The molecule has 1 aliphatic carbocycles. The summed E-state index contributed by atoms with van der Waals surface area (Å²) in [6.07, 6.45) is 3.66. The van der Waals surface area contributed by atoms with Crippen molar-refractivity contribution >= 4 is 6.09 Å². The molecular weight excluding hydrogens is 182 g/mol. The van der Waals surface area contributed by atoms with E-state index in [1.54, 1.807) is 0 Å². The lowest BCUT2D eigenvalue weighted by Crippen LogP contribution is -2.39. The highest BCUT2D eigenvalue weighted by atomic mass is 16.5. The van der Waals surface area contributed by atoms with Crippen molar-refractivity contribution < 1.29 is 9.53 Å². The van der Waals surface area contributed by atoms with E-state index in [0.29, 0.717) is 25.2 Å². The van der Waals surface area contributed by atoms with E-state index in [1.165, 1.54) is 0 Å². The highest BCUT2D eigenvalue weighted by Crippen LogP contribution is 2.16. The Labute approximate surface area is 84.2 Å². The normalized spacial score (nSPS) is 27.2. The molecule has 14 heavy (non-hydrogen) atoms. The largest absolute Gasteiger partial charge is 0.448 e. The van der Waals surface area contributed by atoms with Gasteiger partial charge in [0, 0.05) is 18.6 Å². The number of carbonyl (C=O) groups is 1. The average molecular weight is 201 g/mol. The van der Waals surface area contributed by atoms with Crippen LogP contribution < -0.4 is 16.8 Å². The molecule has 5 N–H and O–H groups in total. The van der Waals surface area contributed by atoms with Crippen molar-refractivity contribution in [3.63, 3.8) is 0 Å². The molecule has 1 rings (SSSR count). The smallest absolute Gasteiger partial charge is 0.404 e. The minimum Gasteiger partial charge on any atom is -0.448 e. The van der Waals surface area contributed by atoms with Crippen molar-refractivity contribution in [2.45, 2.75) is 37.8 Å². The van der Waals surface area contributed by atoms with Gasteiger partial charge >= 0.3 is 6.09 Å². The first kappa shape index (κ1) is 11.3. The van der Waals surface area contributed by atoms with Crippen molar-refractivity contribution in [3.05, 3.63) is 0 Å². The first-order chi connectivity index (χ1) is 6.68. The van der Waals surface area contributed by atoms with Gasteiger partial charge in [0.05, 0.1) is 0 Å². The van der Waals surface area contributed by atoms with Crippen molar-refractivity contribution in [2.24, 2.45) is 11.5 Å². The van der Waals surface area contributed by atoms with Gasteiger partial charge in [-0.1, -0.05) is 0 Å². The number of rotatable bonds is 4. The fourth-order valence-electron chi connectivity index (χ4n) is 1.74. The van der Waals surface area contributed by atoms with Crippen molar-refractivity contribution in [1.29, 1.82) is 0 Å². The topological polar surface area (TPSA) is 90.4 Å². The minimum absolute atomic E-state index is 0.345. The first-order valence-electron chi connectivity index (χ1n) is 5.09. The van der Waals surface area contributed by atoms with Gasteiger partial charge in [0.2, 0.25) is 0 Å². The number of amides is 1. The van der Waals surface area contributed by atoms with Crippen LogP contribution in [0.1, 0.15) is 25.7 Å². The highest BCUT2D eigenvalue weighted by molar-refractivity contribution is 5.64. The number of primary amides is 1. The molecule has 0 aliphatic heterocycles. The quantitative estimate of drug-likeness (QED) is 0.556. The van der Waals surface area contributed by atoms with Crippen LogP contribution in [0.3, 0.4) is 0 Å². The fraction of sp³-hybridized carbons (Fsp3) is 0.889. The number of ether oxygens (including phenoxy) is 1. The Kier molecular flexibility index (Phi) is 4.69. The molecule has 1 fully saturated rings. The fourth-order valence-corrected chi connectivity index (χ4v) is 1.74. The van der Waals surface area contributed by atoms with Crippen LogP contribution in [-0.2, 0) is 4.74 Å². The van der Waals surface area contributed by atoms with Gasteiger partial charge in [-0.2, -0.15) is 0 Å². The number of nitrogens with two attached hydrogens (primary N) is 2. The summed E-state index contributed by atoms with van der Waals surface area (Å²) in [5.41, 5.74) is 10.6. The van der Waals surface area contributed by atoms with Gasteiger partial charge in [-0.25, -0.2) is 4.79 Å². The number of carbonyl (C=O) groups excluding carboxylic acids is 1. The van der Waals surface area contributed by atoms with Crippen molar-refractivity contribution in [3.8, 4) is 0 Å². The highest BCUT2D eigenvalue weighted by Gasteiger charge is 2.17.